The summed E-state index contributed by atoms with van der Waals surface area (Å²) >= 11 is 0. The van der Waals surface area contributed by atoms with Crippen LogP contribution in [0.5, 0.6) is 5.75 Å². The number of pyridine rings is 1. The number of hydrogen-bond acceptors (Lipinski definition) is 6. The summed E-state index contributed by atoms with van der Waals surface area (Å²) < 4.78 is 29.5. The highest BCUT2D eigenvalue weighted by Crippen LogP contribution is 2.23. The lowest BCUT2D eigenvalue weighted by molar-refractivity contribution is -0.809. The Morgan fingerprint density at radius 3 is 2.57 bits per heavy atom. The Hall–Kier alpha value is -3.50. The van der Waals surface area contributed by atoms with Crippen LogP contribution in [0, 0.1) is 0 Å². The van der Waals surface area contributed by atoms with Crippen molar-refractivity contribution in [1.29, 1.82) is 0 Å². The van der Waals surface area contributed by atoms with E-state index in [0.717, 1.165) is 11.1 Å². The number of quaternary nitrogens is 2. The number of nitrogens with one attached hydrogen (secondary N) is 1. The number of hydrogen-bond donors (Lipinski definition) is 1. The SMILES string of the molecule is CC[N+](C)(C)C(=O)[N+](C)(C)c1ccc2ncc(C(C)=CNCc3cccc(OC(F)F)c3)nc2n1. The second kappa shape index (κ2) is 10.4. The van der Waals surface area contributed by atoms with Crippen molar-refractivity contribution in [3.63, 3.8) is 0 Å². The molecule has 1 aromatic carbocycles. The highest BCUT2D eigenvalue weighted by Gasteiger charge is 2.43. The number of benzene rings is 1. The molecule has 0 aliphatic rings. The van der Waals surface area contributed by atoms with Crippen LogP contribution in [0.25, 0.3) is 16.7 Å². The van der Waals surface area contributed by atoms with Crippen LogP contribution in [-0.4, -0.2) is 66.8 Å². The van der Waals surface area contributed by atoms with E-state index in [1.165, 1.54) is 6.07 Å². The number of aromatic nitrogens is 3. The predicted molar refractivity (Wildman–Crippen MR) is 133 cm³/mol. The molecule has 0 saturated heterocycles. The molecule has 0 aliphatic carbocycles. The maximum absolute atomic E-state index is 13.1. The molecule has 186 valence electrons. The molecule has 0 spiro atoms. The highest BCUT2D eigenvalue weighted by atomic mass is 19.3. The molecule has 0 atom stereocenters. The third-order valence-corrected chi connectivity index (χ3v) is 5.90. The second-order valence-electron chi connectivity index (χ2n) is 9.24. The number of nitrogens with zero attached hydrogens (tertiary/aromatic N) is 5. The van der Waals surface area contributed by atoms with Gasteiger partial charge in [-0.15, -0.1) is 0 Å². The minimum absolute atomic E-state index is 0.00626. The van der Waals surface area contributed by atoms with Gasteiger partial charge in [-0.2, -0.15) is 23.0 Å². The van der Waals surface area contributed by atoms with E-state index in [9.17, 15) is 13.6 Å². The number of ether oxygens (including phenoxy) is 1. The first-order valence-electron chi connectivity index (χ1n) is 11.2. The molecule has 0 aliphatic heterocycles. The fraction of sp³-hybridized carbons (Fsp3) is 0.360. The number of alkyl halides is 2. The summed E-state index contributed by atoms with van der Waals surface area (Å²) in [6, 6.07) is 10.2. The monoisotopic (exact) mass is 486 g/mol. The molecule has 3 aromatic rings. The number of fused-ring (bicyclic) bond motifs is 1. The van der Waals surface area contributed by atoms with Crippen molar-refractivity contribution in [3.05, 3.63) is 60.1 Å². The number of carbonyl (C=O) groups is 1. The van der Waals surface area contributed by atoms with Crippen molar-refractivity contribution in [2.24, 2.45) is 0 Å². The predicted octanol–water partition coefficient (Wildman–Crippen LogP) is 4.56. The molecule has 3 rings (SSSR count). The van der Waals surface area contributed by atoms with Crippen molar-refractivity contribution in [2.45, 2.75) is 27.0 Å². The van der Waals surface area contributed by atoms with Gasteiger partial charge in [-0.3, -0.25) is 4.98 Å². The molecule has 2 heterocycles. The topological polar surface area (TPSA) is 77.0 Å². The van der Waals surface area contributed by atoms with Crippen LogP contribution in [-0.2, 0) is 6.54 Å². The third-order valence-electron chi connectivity index (χ3n) is 5.90. The van der Waals surface area contributed by atoms with Crippen molar-refractivity contribution in [2.75, 3.05) is 34.7 Å². The van der Waals surface area contributed by atoms with Crippen LogP contribution in [0.2, 0.25) is 0 Å². The van der Waals surface area contributed by atoms with Gasteiger partial charge in [-0.25, -0.2) is 9.47 Å². The van der Waals surface area contributed by atoms with Gasteiger partial charge in [0.2, 0.25) is 5.82 Å². The van der Waals surface area contributed by atoms with Gasteiger partial charge >= 0.3 is 12.6 Å². The van der Waals surface area contributed by atoms with Crippen molar-refractivity contribution in [1.82, 2.24) is 24.8 Å². The number of carbonyl (C=O) groups excluding carboxylic acids is 1. The fourth-order valence-electron chi connectivity index (χ4n) is 3.53. The Morgan fingerprint density at radius 1 is 1.14 bits per heavy atom. The normalized spacial score (nSPS) is 12.8. The number of amides is 2. The van der Waals surface area contributed by atoms with E-state index < -0.39 is 6.61 Å². The van der Waals surface area contributed by atoms with Gasteiger partial charge in [0.05, 0.1) is 46.6 Å². The molecule has 1 N–H and O–H groups in total. The summed E-state index contributed by atoms with van der Waals surface area (Å²) in [5.41, 5.74) is 3.32. The summed E-state index contributed by atoms with van der Waals surface area (Å²) in [6.07, 6.45) is 3.45. The molecular formula is C25H32F2N6O2+2. The van der Waals surface area contributed by atoms with Gasteiger partial charge < -0.3 is 10.1 Å². The Balaban J connectivity index is 1.79. The molecule has 0 bridgehead atoms. The lowest BCUT2D eigenvalue weighted by atomic mass is 10.2. The first-order valence-corrected chi connectivity index (χ1v) is 11.2. The summed E-state index contributed by atoms with van der Waals surface area (Å²) in [4.78, 5) is 26.9. The van der Waals surface area contributed by atoms with Crippen LogP contribution in [0.1, 0.15) is 25.1 Å². The Morgan fingerprint density at radius 2 is 1.89 bits per heavy atom. The zero-order chi connectivity index (χ0) is 25.8. The molecule has 0 radical (unpaired) electrons. The minimum atomic E-state index is -2.86. The van der Waals surface area contributed by atoms with Crippen molar-refractivity contribution >= 4 is 28.6 Å². The standard InChI is InChI=1S/C25H32F2N6O2/c1-7-32(3,4)25(34)33(5,6)22-12-11-20-23(31-22)30-21(16-29-20)17(2)14-28-15-18-9-8-10-19(13-18)35-24(26)27/h8-14,16,24,28H,7,15H2,1-6H3/q+2. The van der Waals surface area contributed by atoms with Crippen molar-refractivity contribution < 1.29 is 22.8 Å². The smallest absolute Gasteiger partial charge is 0.435 e. The molecular weight excluding hydrogens is 454 g/mol. The Kier molecular flexibility index (Phi) is 7.76. The molecule has 0 unspecified atom stereocenters. The van der Waals surface area contributed by atoms with E-state index in [1.807, 2.05) is 54.2 Å². The highest BCUT2D eigenvalue weighted by molar-refractivity contribution is 5.82. The summed E-state index contributed by atoms with van der Waals surface area (Å²) in [5.74, 6) is 0.697. The number of allylic oxidation sites excluding steroid dienone is 1. The van der Waals surface area contributed by atoms with Crippen LogP contribution < -0.4 is 14.5 Å². The molecule has 2 amide bonds. The zero-order valence-corrected chi connectivity index (χ0v) is 20.9. The molecule has 2 aromatic heterocycles. The Labute approximate surface area is 204 Å². The summed E-state index contributed by atoms with van der Waals surface area (Å²) in [5, 5.41) is 3.16. The van der Waals surface area contributed by atoms with Crippen LogP contribution in [0.3, 0.4) is 0 Å². The minimum Gasteiger partial charge on any atom is -0.435 e. The lowest BCUT2D eigenvalue weighted by Crippen LogP contribution is -2.61. The van der Waals surface area contributed by atoms with Gasteiger partial charge in [0.15, 0.2) is 5.65 Å². The second-order valence-corrected chi connectivity index (χ2v) is 9.24. The zero-order valence-electron chi connectivity index (χ0n) is 20.9. The molecule has 10 heteroatoms. The first-order chi connectivity index (χ1) is 16.4. The number of halogens is 2. The molecule has 0 saturated carbocycles. The van der Waals surface area contributed by atoms with Gasteiger partial charge in [-0.05, 0) is 43.2 Å². The first kappa shape index (κ1) is 26.1. The average molecular weight is 487 g/mol. The van der Waals surface area contributed by atoms with Crippen LogP contribution in [0.15, 0.2) is 48.8 Å². The van der Waals surface area contributed by atoms with E-state index in [-0.39, 0.29) is 20.7 Å². The van der Waals surface area contributed by atoms with E-state index in [1.54, 1.807) is 30.6 Å². The van der Waals surface area contributed by atoms with Crippen LogP contribution in [0.4, 0.5) is 19.4 Å². The maximum atomic E-state index is 13.1. The largest absolute Gasteiger partial charge is 0.519 e. The van der Waals surface area contributed by atoms with E-state index in [4.69, 9.17) is 0 Å². The molecule has 8 nitrogen and oxygen atoms in total. The quantitative estimate of drug-likeness (QED) is 0.471. The van der Waals surface area contributed by atoms with Gasteiger partial charge in [0.1, 0.15) is 11.3 Å². The molecule has 35 heavy (non-hydrogen) atoms. The van der Waals surface area contributed by atoms with Gasteiger partial charge in [0, 0.05) is 18.8 Å². The van der Waals surface area contributed by atoms with Gasteiger partial charge in [0.25, 0.3) is 0 Å². The summed E-state index contributed by atoms with van der Waals surface area (Å²) in [6.45, 7) is 2.08. The van der Waals surface area contributed by atoms with E-state index in [2.05, 4.69) is 25.0 Å². The van der Waals surface area contributed by atoms with Gasteiger partial charge in [-0.1, -0.05) is 12.1 Å². The number of rotatable bonds is 8. The third kappa shape index (κ3) is 6.14. The van der Waals surface area contributed by atoms with E-state index >= 15 is 0 Å². The van der Waals surface area contributed by atoms with Crippen LogP contribution >= 0.6 is 0 Å². The number of urea groups is 1. The maximum Gasteiger partial charge on any atom is 0.519 e. The average Bonchev–Trinajstić information content (AvgIpc) is 2.82. The molecule has 0 fully saturated rings. The van der Waals surface area contributed by atoms with Crippen molar-refractivity contribution in [3.8, 4) is 5.75 Å². The Bertz CT molecular complexity index is 1240. The van der Waals surface area contributed by atoms with E-state index in [0.29, 0.717) is 35.8 Å². The summed E-state index contributed by atoms with van der Waals surface area (Å²) in [7, 11) is 7.40. The fourth-order valence-corrected chi connectivity index (χ4v) is 3.53. The lowest BCUT2D eigenvalue weighted by Gasteiger charge is -2.32.